The van der Waals surface area contributed by atoms with Gasteiger partial charge in [-0.3, -0.25) is 10.1 Å². The summed E-state index contributed by atoms with van der Waals surface area (Å²) in [5.41, 5.74) is 7.83. The molecule has 106 valence electrons. The van der Waals surface area contributed by atoms with Crippen LogP contribution in [0.1, 0.15) is 31.0 Å². The van der Waals surface area contributed by atoms with Crippen LogP contribution in [0.15, 0.2) is 24.3 Å². The fourth-order valence-electron chi connectivity index (χ4n) is 2.11. The Morgan fingerprint density at radius 3 is 2.55 bits per heavy atom. The highest BCUT2D eigenvalue weighted by atomic mass is 16.6. The molecule has 1 aromatic heterocycles. The first-order valence-corrected chi connectivity index (χ1v) is 6.41. The highest BCUT2D eigenvalue weighted by Gasteiger charge is 2.13. The minimum atomic E-state index is -0.404. The fraction of sp³-hybridized carbons (Fsp3) is 0.385. The van der Waals surface area contributed by atoms with Crippen LogP contribution in [0.4, 0.5) is 11.5 Å². The van der Waals surface area contributed by atoms with E-state index >= 15 is 0 Å². The van der Waals surface area contributed by atoms with Crippen molar-refractivity contribution in [2.45, 2.75) is 32.7 Å². The Bertz CT molecular complexity index is 604. The van der Waals surface area contributed by atoms with Crippen molar-refractivity contribution in [1.82, 2.24) is 15.0 Å². The van der Waals surface area contributed by atoms with Crippen LogP contribution in [-0.2, 0) is 13.0 Å². The van der Waals surface area contributed by atoms with Crippen molar-refractivity contribution in [1.29, 1.82) is 0 Å². The Hall–Kier alpha value is -2.44. The lowest BCUT2D eigenvalue weighted by molar-refractivity contribution is -0.384. The van der Waals surface area contributed by atoms with Crippen LogP contribution >= 0.6 is 0 Å². The second-order valence-corrected chi connectivity index (χ2v) is 4.91. The maximum atomic E-state index is 10.6. The highest BCUT2D eigenvalue weighted by molar-refractivity contribution is 5.35. The summed E-state index contributed by atoms with van der Waals surface area (Å²) in [7, 11) is 0. The van der Waals surface area contributed by atoms with Crippen molar-refractivity contribution in [3.8, 4) is 0 Å². The SMILES string of the molecule is CC(C)c1c(N)nnn1CCc1ccc([N+](=O)[O-])cc1. The van der Waals surface area contributed by atoms with Crippen molar-refractivity contribution in [2.75, 3.05) is 5.73 Å². The zero-order valence-electron chi connectivity index (χ0n) is 11.5. The molecule has 0 spiro atoms. The summed E-state index contributed by atoms with van der Waals surface area (Å²) in [6.45, 7) is 4.73. The molecule has 2 aromatic rings. The molecule has 0 bridgehead atoms. The lowest BCUT2D eigenvalue weighted by Crippen LogP contribution is -2.09. The molecule has 0 radical (unpaired) electrons. The Morgan fingerprint density at radius 1 is 1.35 bits per heavy atom. The number of benzene rings is 1. The van der Waals surface area contributed by atoms with E-state index in [0.29, 0.717) is 12.4 Å². The maximum absolute atomic E-state index is 10.6. The van der Waals surface area contributed by atoms with Crippen LogP contribution in [0.5, 0.6) is 0 Å². The molecular weight excluding hydrogens is 258 g/mol. The number of nitrogens with two attached hydrogens (primary N) is 1. The normalized spacial score (nSPS) is 10.9. The van der Waals surface area contributed by atoms with E-state index in [2.05, 4.69) is 10.3 Å². The lowest BCUT2D eigenvalue weighted by atomic mass is 10.1. The van der Waals surface area contributed by atoms with Crippen molar-refractivity contribution in [3.05, 3.63) is 45.6 Å². The predicted molar refractivity (Wildman–Crippen MR) is 75.3 cm³/mol. The average molecular weight is 275 g/mol. The maximum Gasteiger partial charge on any atom is 0.269 e. The van der Waals surface area contributed by atoms with Gasteiger partial charge in [-0.15, -0.1) is 5.10 Å². The van der Waals surface area contributed by atoms with Crippen molar-refractivity contribution in [2.24, 2.45) is 0 Å². The molecule has 0 aliphatic carbocycles. The van der Waals surface area contributed by atoms with Gasteiger partial charge in [0.25, 0.3) is 5.69 Å². The number of nitrogen functional groups attached to an aromatic ring is 1. The molecule has 0 saturated carbocycles. The number of non-ortho nitro benzene ring substituents is 1. The summed E-state index contributed by atoms with van der Waals surface area (Å²) in [4.78, 5) is 10.2. The number of anilines is 1. The Morgan fingerprint density at radius 2 is 2.00 bits per heavy atom. The van der Waals surface area contributed by atoms with E-state index in [1.807, 2.05) is 13.8 Å². The molecule has 0 atom stereocenters. The number of aryl methyl sites for hydroxylation is 2. The predicted octanol–water partition coefficient (Wildman–Crippen LogP) is 2.13. The number of aromatic nitrogens is 3. The quantitative estimate of drug-likeness (QED) is 0.665. The molecule has 2 N–H and O–H groups in total. The third-order valence-corrected chi connectivity index (χ3v) is 3.11. The molecule has 1 heterocycles. The van der Waals surface area contributed by atoms with E-state index < -0.39 is 4.92 Å². The second-order valence-electron chi connectivity index (χ2n) is 4.91. The van der Waals surface area contributed by atoms with E-state index in [1.165, 1.54) is 12.1 Å². The Balaban J connectivity index is 2.07. The summed E-state index contributed by atoms with van der Waals surface area (Å²) >= 11 is 0. The van der Waals surface area contributed by atoms with E-state index in [0.717, 1.165) is 17.7 Å². The van der Waals surface area contributed by atoms with Gasteiger partial charge in [-0.2, -0.15) is 0 Å². The van der Waals surface area contributed by atoms with E-state index in [1.54, 1.807) is 16.8 Å². The molecule has 0 aliphatic rings. The van der Waals surface area contributed by atoms with Gasteiger partial charge in [-0.25, -0.2) is 4.68 Å². The zero-order chi connectivity index (χ0) is 14.7. The second kappa shape index (κ2) is 5.68. The van der Waals surface area contributed by atoms with E-state index in [-0.39, 0.29) is 11.6 Å². The lowest BCUT2D eigenvalue weighted by Gasteiger charge is -2.09. The van der Waals surface area contributed by atoms with Crippen LogP contribution in [0.2, 0.25) is 0 Å². The minimum Gasteiger partial charge on any atom is -0.381 e. The largest absolute Gasteiger partial charge is 0.381 e. The van der Waals surface area contributed by atoms with Gasteiger partial charge in [-0.05, 0) is 17.9 Å². The molecule has 0 aliphatic heterocycles. The third kappa shape index (κ3) is 2.93. The minimum absolute atomic E-state index is 0.0987. The number of nitro groups is 1. The standard InChI is InChI=1S/C13H17N5O2/c1-9(2)12-13(14)15-16-17(12)8-7-10-3-5-11(6-4-10)18(19)20/h3-6,9H,7-8,14H2,1-2H3. The van der Waals surface area contributed by atoms with E-state index in [9.17, 15) is 10.1 Å². The van der Waals surface area contributed by atoms with Gasteiger partial charge in [0.1, 0.15) is 0 Å². The Labute approximate surface area is 116 Å². The van der Waals surface area contributed by atoms with Gasteiger partial charge < -0.3 is 5.73 Å². The van der Waals surface area contributed by atoms with E-state index in [4.69, 9.17) is 5.73 Å². The van der Waals surface area contributed by atoms with Gasteiger partial charge in [0.15, 0.2) is 5.82 Å². The highest BCUT2D eigenvalue weighted by Crippen LogP contribution is 2.19. The average Bonchev–Trinajstić information content (AvgIpc) is 2.78. The smallest absolute Gasteiger partial charge is 0.269 e. The van der Waals surface area contributed by atoms with Crippen LogP contribution in [-0.4, -0.2) is 19.9 Å². The van der Waals surface area contributed by atoms with Gasteiger partial charge in [0.05, 0.1) is 10.6 Å². The first-order valence-electron chi connectivity index (χ1n) is 6.41. The summed E-state index contributed by atoms with van der Waals surface area (Å²) in [5.74, 6) is 0.713. The molecule has 0 fully saturated rings. The summed E-state index contributed by atoms with van der Waals surface area (Å²) in [5, 5.41) is 18.5. The topological polar surface area (TPSA) is 99.9 Å². The monoisotopic (exact) mass is 275 g/mol. The first kappa shape index (κ1) is 14.0. The van der Waals surface area contributed by atoms with Crippen molar-refractivity contribution >= 4 is 11.5 Å². The molecule has 0 saturated heterocycles. The number of nitrogens with zero attached hydrogens (tertiary/aromatic N) is 4. The molecule has 1 aromatic carbocycles. The number of hydrogen-bond donors (Lipinski definition) is 1. The molecule has 7 heteroatoms. The number of hydrogen-bond acceptors (Lipinski definition) is 5. The first-order chi connectivity index (χ1) is 9.49. The van der Waals surface area contributed by atoms with Gasteiger partial charge >= 0.3 is 0 Å². The van der Waals surface area contributed by atoms with Crippen LogP contribution in [0, 0.1) is 10.1 Å². The van der Waals surface area contributed by atoms with Crippen LogP contribution < -0.4 is 5.73 Å². The molecule has 0 unspecified atom stereocenters. The third-order valence-electron chi connectivity index (χ3n) is 3.11. The molecule has 2 rings (SSSR count). The molecule has 0 amide bonds. The molecule has 20 heavy (non-hydrogen) atoms. The van der Waals surface area contributed by atoms with Crippen molar-refractivity contribution in [3.63, 3.8) is 0 Å². The van der Waals surface area contributed by atoms with Crippen LogP contribution in [0.3, 0.4) is 0 Å². The molecular formula is C13H17N5O2. The Kier molecular flexibility index (Phi) is 3.97. The molecule has 7 nitrogen and oxygen atoms in total. The van der Waals surface area contributed by atoms with Gasteiger partial charge in [0.2, 0.25) is 0 Å². The number of nitro benzene ring substituents is 1. The van der Waals surface area contributed by atoms with Gasteiger partial charge in [-0.1, -0.05) is 31.2 Å². The van der Waals surface area contributed by atoms with Crippen LogP contribution in [0.25, 0.3) is 0 Å². The summed E-state index contributed by atoms with van der Waals surface area (Å²) in [6, 6.07) is 6.53. The summed E-state index contributed by atoms with van der Waals surface area (Å²) < 4.78 is 1.79. The fourth-order valence-corrected chi connectivity index (χ4v) is 2.11. The summed E-state index contributed by atoms with van der Waals surface area (Å²) in [6.07, 6.45) is 0.723. The van der Waals surface area contributed by atoms with Crippen molar-refractivity contribution < 1.29 is 4.92 Å². The zero-order valence-corrected chi connectivity index (χ0v) is 11.5. The number of rotatable bonds is 5. The van der Waals surface area contributed by atoms with Gasteiger partial charge in [0, 0.05) is 18.7 Å².